The second kappa shape index (κ2) is 10.1. The minimum atomic E-state index is -3.93. The van der Waals surface area contributed by atoms with Crippen LogP contribution in [0.1, 0.15) is 15.9 Å². The number of anilines is 3. The number of amides is 1. The van der Waals surface area contributed by atoms with Crippen molar-refractivity contribution in [3.05, 3.63) is 102 Å². The van der Waals surface area contributed by atoms with Crippen LogP contribution in [-0.4, -0.2) is 32.7 Å². The largest absolute Gasteiger partial charge is 0.322 e. The molecule has 0 unspecified atom stereocenters. The monoisotopic (exact) mass is 523 g/mol. The van der Waals surface area contributed by atoms with Gasteiger partial charge in [0.05, 0.1) is 21.0 Å². The number of para-hydroxylation sites is 1. The smallest absolute Gasteiger partial charge is 0.264 e. The first-order valence-corrected chi connectivity index (χ1v) is 13.5. The minimum absolute atomic E-state index is 0.0563. The molecule has 0 aliphatic carbocycles. The topological polar surface area (TPSA) is 147 Å². The Labute approximate surface area is 208 Å². The Morgan fingerprint density at radius 1 is 0.694 bits per heavy atom. The van der Waals surface area contributed by atoms with Gasteiger partial charge in [-0.15, -0.1) is 0 Å². The van der Waals surface area contributed by atoms with Crippen LogP contribution < -0.4 is 14.8 Å². The molecule has 0 radical (unpaired) electrons. The number of carbonyl (C=O) groups is 1. The molecule has 0 atom stereocenters. The van der Waals surface area contributed by atoms with E-state index in [0.717, 1.165) is 5.56 Å². The summed E-state index contributed by atoms with van der Waals surface area (Å²) >= 11 is 0. The van der Waals surface area contributed by atoms with Crippen LogP contribution in [0.4, 0.5) is 17.3 Å². The van der Waals surface area contributed by atoms with Crippen LogP contribution in [0, 0.1) is 6.92 Å². The lowest BCUT2D eigenvalue weighted by Crippen LogP contribution is -2.19. The van der Waals surface area contributed by atoms with Crippen molar-refractivity contribution in [3.8, 4) is 0 Å². The molecule has 12 heteroatoms. The zero-order chi connectivity index (χ0) is 25.8. The number of hydrogen-bond donors (Lipinski definition) is 3. The quantitative estimate of drug-likeness (QED) is 0.319. The van der Waals surface area contributed by atoms with E-state index in [9.17, 15) is 21.6 Å². The van der Waals surface area contributed by atoms with Gasteiger partial charge in [-0.25, -0.2) is 31.5 Å². The zero-order valence-corrected chi connectivity index (χ0v) is 20.5. The molecule has 184 valence electrons. The first-order valence-electron chi connectivity index (χ1n) is 10.5. The van der Waals surface area contributed by atoms with Crippen LogP contribution in [-0.2, 0) is 20.0 Å². The van der Waals surface area contributed by atoms with Gasteiger partial charge in [-0.05, 0) is 61.5 Å². The number of hydrogen-bond acceptors (Lipinski definition) is 7. The van der Waals surface area contributed by atoms with Gasteiger partial charge in [0.15, 0.2) is 0 Å². The molecule has 4 rings (SSSR count). The van der Waals surface area contributed by atoms with E-state index in [4.69, 9.17) is 0 Å². The van der Waals surface area contributed by atoms with E-state index in [1.165, 1.54) is 60.9 Å². The number of nitrogens with one attached hydrogen (secondary N) is 3. The van der Waals surface area contributed by atoms with Gasteiger partial charge in [0.1, 0.15) is 0 Å². The van der Waals surface area contributed by atoms with Crippen LogP contribution in [0.2, 0.25) is 0 Å². The molecule has 0 saturated heterocycles. The number of nitrogens with zero attached hydrogens (tertiary/aromatic N) is 2. The number of benzene rings is 3. The maximum Gasteiger partial charge on any atom is 0.264 e. The van der Waals surface area contributed by atoms with Crippen LogP contribution in [0.15, 0.2) is 101 Å². The van der Waals surface area contributed by atoms with Gasteiger partial charge in [-0.1, -0.05) is 29.8 Å². The maximum absolute atomic E-state index is 12.9. The molecule has 3 aromatic carbocycles. The summed E-state index contributed by atoms with van der Waals surface area (Å²) < 4.78 is 55.4. The average Bonchev–Trinajstić information content (AvgIpc) is 2.85. The number of rotatable bonds is 8. The molecule has 0 aliphatic heterocycles. The lowest BCUT2D eigenvalue weighted by molar-refractivity contribution is 0.102. The molecule has 0 bridgehead atoms. The minimum Gasteiger partial charge on any atom is -0.322 e. The van der Waals surface area contributed by atoms with E-state index in [0.29, 0.717) is 5.69 Å². The molecule has 0 aliphatic rings. The van der Waals surface area contributed by atoms with Crippen molar-refractivity contribution >= 4 is 43.3 Å². The fraction of sp³-hybridized carbons (Fsp3) is 0.0417. The average molecular weight is 524 g/mol. The molecular formula is C24H21N5O5S2. The Morgan fingerprint density at radius 2 is 1.25 bits per heavy atom. The number of sulfonamides is 2. The molecular weight excluding hydrogens is 502 g/mol. The van der Waals surface area contributed by atoms with Crippen LogP contribution in [0.3, 0.4) is 0 Å². The fourth-order valence-electron chi connectivity index (χ4n) is 3.14. The molecule has 3 N–H and O–H groups in total. The fourth-order valence-corrected chi connectivity index (χ4v) is 5.18. The van der Waals surface area contributed by atoms with E-state index < -0.39 is 26.0 Å². The Bertz CT molecular complexity index is 1590. The van der Waals surface area contributed by atoms with Crippen LogP contribution >= 0.6 is 0 Å². The van der Waals surface area contributed by atoms with Gasteiger partial charge in [-0.3, -0.25) is 9.52 Å². The second-order valence-corrected chi connectivity index (χ2v) is 11.0. The SMILES string of the molecule is Cc1ccc(S(=O)(=O)Nc2ccccc2C(=O)Nc2ccc(S(=O)(=O)Nc3ncccn3)cc2)cc1. The third-order valence-corrected chi connectivity index (χ3v) is 7.69. The Morgan fingerprint density at radius 3 is 1.89 bits per heavy atom. The highest BCUT2D eigenvalue weighted by molar-refractivity contribution is 7.93. The normalized spacial score (nSPS) is 11.5. The maximum atomic E-state index is 12.9. The highest BCUT2D eigenvalue weighted by Crippen LogP contribution is 2.23. The van der Waals surface area contributed by atoms with E-state index in [2.05, 4.69) is 24.7 Å². The van der Waals surface area contributed by atoms with Gasteiger partial charge in [-0.2, -0.15) is 0 Å². The summed E-state index contributed by atoms with van der Waals surface area (Å²) in [5.41, 5.74) is 1.41. The lowest BCUT2D eigenvalue weighted by Gasteiger charge is -2.13. The lowest BCUT2D eigenvalue weighted by atomic mass is 10.1. The first-order chi connectivity index (χ1) is 17.1. The molecule has 0 fully saturated rings. The number of aromatic nitrogens is 2. The molecule has 4 aromatic rings. The van der Waals surface area contributed by atoms with E-state index in [-0.39, 0.29) is 27.0 Å². The van der Waals surface area contributed by atoms with Crippen LogP contribution in [0.5, 0.6) is 0 Å². The van der Waals surface area contributed by atoms with Crippen molar-refractivity contribution in [1.29, 1.82) is 0 Å². The summed E-state index contributed by atoms with van der Waals surface area (Å²) in [5.74, 6) is -0.650. The predicted octanol–water partition coefficient (Wildman–Crippen LogP) is 3.64. The van der Waals surface area contributed by atoms with Gasteiger partial charge >= 0.3 is 0 Å². The predicted molar refractivity (Wildman–Crippen MR) is 136 cm³/mol. The van der Waals surface area contributed by atoms with Crippen molar-refractivity contribution in [2.24, 2.45) is 0 Å². The Hall–Kier alpha value is -4.29. The van der Waals surface area contributed by atoms with Crippen molar-refractivity contribution in [1.82, 2.24) is 9.97 Å². The van der Waals surface area contributed by atoms with E-state index >= 15 is 0 Å². The molecule has 1 aromatic heterocycles. The number of aryl methyl sites for hydroxylation is 1. The van der Waals surface area contributed by atoms with E-state index in [1.54, 1.807) is 30.3 Å². The summed E-state index contributed by atoms with van der Waals surface area (Å²) in [6.07, 6.45) is 2.81. The summed E-state index contributed by atoms with van der Waals surface area (Å²) in [5, 5.41) is 2.65. The summed E-state index contributed by atoms with van der Waals surface area (Å²) in [6.45, 7) is 1.85. The van der Waals surface area contributed by atoms with Crippen molar-refractivity contribution in [2.45, 2.75) is 16.7 Å². The standard InChI is InChI=1S/C24H21N5O5S2/c1-17-7-11-19(12-8-17)35(31,32)28-22-6-3-2-5-21(22)23(30)27-18-9-13-20(14-10-18)36(33,34)29-24-25-15-4-16-26-24/h2-16,28H,1H3,(H,27,30)(H,25,26,29). The zero-order valence-electron chi connectivity index (χ0n) is 18.9. The van der Waals surface area contributed by atoms with Gasteiger partial charge in [0.25, 0.3) is 26.0 Å². The molecule has 1 amide bonds. The molecule has 36 heavy (non-hydrogen) atoms. The Balaban J connectivity index is 1.50. The first kappa shape index (κ1) is 24.8. The van der Waals surface area contributed by atoms with Crippen molar-refractivity contribution in [2.75, 3.05) is 14.8 Å². The van der Waals surface area contributed by atoms with Gasteiger partial charge in [0.2, 0.25) is 5.95 Å². The highest BCUT2D eigenvalue weighted by atomic mass is 32.2. The number of carbonyl (C=O) groups excluding carboxylic acids is 1. The van der Waals surface area contributed by atoms with Crippen molar-refractivity contribution in [3.63, 3.8) is 0 Å². The second-order valence-electron chi connectivity index (χ2n) is 7.62. The third kappa shape index (κ3) is 5.85. The summed E-state index contributed by atoms with van der Waals surface area (Å²) in [6, 6.07) is 19.5. The van der Waals surface area contributed by atoms with E-state index in [1.807, 2.05) is 6.92 Å². The summed E-state index contributed by atoms with van der Waals surface area (Å²) in [7, 11) is -7.85. The van der Waals surface area contributed by atoms with Gasteiger partial charge in [0, 0.05) is 18.1 Å². The highest BCUT2D eigenvalue weighted by Gasteiger charge is 2.19. The Kier molecular flexibility index (Phi) is 6.99. The molecule has 1 heterocycles. The van der Waals surface area contributed by atoms with Gasteiger partial charge < -0.3 is 5.32 Å². The van der Waals surface area contributed by atoms with Crippen molar-refractivity contribution < 1.29 is 21.6 Å². The third-order valence-electron chi connectivity index (χ3n) is 4.96. The van der Waals surface area contributed by atoms with Crippen LogP contribution in [0.25, 0.3) is 0 Å². The molecule has 0 spiro atoms. The summed E-state index contributed by atoms with van der Waals surface area (Å²) in [4.78, 5) is 20.6. The molecule has 10 nitrogen and oxygen atoms in total. The molecule has 0 saturated carbocycles.